The molecule has 0 amide bonds. The van der Waals surface area contributed by atoms with Crippen LogP contribution in [0.1, 0.15) is 23.9 Å². The van der Waals surface area contributed by atoms with Gasteiger partial charge in [0.1, 0.15) is 0 Å². The molecule has 1 aromatic rings. The van der Waals surface area contributed by atoms with Crippen molar-refractivity contribution >= 4 is 15.9 Å². The first-order valence-electron chi connectivity index (χ1n) is 2.98. The van der Waals surface area contributed by atoms with Gasteiger partial charge in [-0.2, -0.15) is 5.10 Å². The molecule has 0 aliphatic carbocycles. The van der Waals surface area contributed by atoms with Crippen molar-refractivity contribution in [2.24, 2.45) is 0 Å². The molecule has 1 unspecified atom stereocenters. The normalized spacial score (nSPS) is 13.6. The molecule has 0 bridgehead atoms. The van der Waals surface area contributed by atoms with E-state index >= 15 is 0 Å². The van der Waals surface area contributed by atoms with Gasteiger partial charge in [-0.1, -0.05) is 22.9 Å². The minimum Gasteiger partial charge on any atom is -0.281 e. The number of aromatic nitrogens is 2. The van der Waals surface area contributed by atoms with Crippen molar-refractivity contribution < 1.29 is 0 Å². The fraction of sp³-hybridized carbons (Fsp3) is 0.500. The second kappa shape index (κ2) is 3.01. The van der Waals surface area contributed by atoms with Crippen LogP contribution >= 0.6 is 15.9 Å². The van der Waals surface area contributed by atoms with Gasteiger partial charge in [0.05, 0.1) is 4.83 Å². The number of nitrogens with zero attached hydrogens (tertiary/aromatic N) is 1. The van der Waals surface area contributed by atoms with Gasteiger partial charge in [0.25, 0.3) is 0 Å². The summed E-state index contributed by atoms with van der Waals surface area (Å²) in [5.74, 6) is 0. The number of hydrogen-bond acceptors (Lipinski definition) is 1. The van der Waals surface area contributed by atoms with Crippen LogP contribution in [0.4, 0.5) is 0 Å². The molecular formula is C6H9BrN2. The van der Waals surface area contributed by atoms with E-state index in [-0.39, 0.29) is 0 Å². The molecule has 9 heavy (non-hydrogen) atoms. The molecular weight excluding hydrogens is 180 g/mol. The molecule has 0 aliphatic rings. The highest BCUT2D eigenvalue weighted by atomic mass is 79.9. The van der Waals surface area contributed by atoms with Crippen LogP contribution in [0, 0.1) is 0 Å². The number of H-pyrrole nitrogens is 1. The summed E-state index contributed by atoms with van der Waals surface area (Å²) in [5.41, 5.74) is 1.15. The molecule has 0 fully saturated rings. The number of hydrogen-bond donors (Lipinski definition) is 1. The Labute approximate surface area is 62.8 Å². The van der Waals surface area contributed by atoms with Crippen molar-refractivity contribution in [1.29, 1.82) is 0 Å². The molecule has 1 rings (SSSR count). The van der Waals surface area contributed by atoms with Crippen LogP contribution in [0.25, 0.3) is 0 Å². The Bertz CT molecular complexity index is 160. The lowest BCUT2D eigenvalue weighted by Crippen LogP contribution is -1.86. The zero-order valence-electron chi connectivity index (χ0n) is 5.26. The van der Waals surface area contributed by atoms with Crippen molar-refractivity contribution in [2.75, 3.05) is 0 Å². The van der Waals surface area contributed by atoms with Gasteiger partial charge < -0.3 is 0 Å². The Morgan fingerprint density at radius 2 is 2.67 bits per heavy atom. The Balaban J connectivity index is 2.65. The van der Waals surface area contributed by atoms with Crippen LogP contribution < -0.4 is 0 Å². The molecule has 50 valence electrons. The maximum atomic E-state index is 3.84. The van der Waals surface area contributed by atoms with Crippen molar-refractivity contribution in [3.05, 3.63) is 18.0 Å². The average molecular weight is 189 g/mol. The SMILES string of the molecule is CCC(Br)c1ccn[nH]1. The number of aromatic amines is 1. The molecule has 3 heteroatoms. The quantitative estimate of drug-likeness (QED) is 0.710. The summed E-state index contributed by atoms with van der Waals surface area (Å²) < 4.78 is 0. The van der Waals surface area contributed by atoms with Crippen molar-refractivity contribution in [3.63, 3.8) is 0 Å². The van der Waals surface area contributed by atoms with Crippen LogP contribution in [0.15, 0.2) is 12.3 Å². The van der Waals surface area contributed by atoms with E-state index in [0.717, 1.165) is 12.1 Å². The van der Waals surface area contributed by atoms with E-state index in [4.69, 9.17) is 0 Å². The molecule has 0 spiro atoms. The lowest BCUT2D eigenvalue weighted by Gasteiger charge is -1.99. The molecule has 0 radical (unpaired) electrons. The smallest absolute Gasteiger partial charge is 0.0559 e. The van der Waals surface area contributed by atoms with E-state index in [9.17, 15) is 0 Å². The van der Waals surface area contributed by atoms with Crippen molar-refractivity contribution in [3.8, 4) is 0 Å². The van der Waals surface area contributed by atoms with E-state index in [0.29, 0.717) is 4.83 Å². The van der Waals surface area contributed by atoms with Gasteiger partial charge in [0.15, 0.2) is 0 Å². The van der Waals surface area contributed by atoms with E-state index in [1.807, 2.05) is 6.07 Å². The molecule has 2 nitrogen and oxygen atoms in total. The third kappa shape index (κ3) is 1.55. The summed E-state index contributed by atoms with van der Waals surface area (Å²) in [4.78, 5) is 0.431. The van der Waals surface area contributed by atoms with Gasteiger partial charge in [0.2, 0.25) is 0 Å². The molecule has 1 atom stereocenters. The van der Waals surface area contributed by atoms with Crippen molar-refractivity contribution in [2.45, 2.75) is 18.2 Å². The van der Waals surface area contributed by atoms with Crippen LogP contribution in [0.5, 0.6) is 0 Å². The molecule has 1 N–H and O–H groups in total. The summed E-state index contributed by atoms with van der Waals surface area (Å²) in [5, 5.41) is 6.73. The lowest BCUT2D eigenvalue weighted by atomic mass is 10.3. The van der Waals surface area contributed by atoms with Crippen LogP contribution in [0.2, 0.25) is 0 Å². The van der Waals surface area contributed by atoms with E-state index in [1.165, 1.54) is 0 Å². The Hall–Kier alpha value is -0.310. The minimum absolute atomic E-state index is 0.431. The third-order valence-electron chi connectivity index (χ3n) is 1.22. The average Bonchev–Trinajstić information content (AvgIpc) is 2.37. The highest BCUT2D eigenvalue weighted by Crippen LogP contribution is 2.22. The second-order valence-electron chi connectivity index (χ2n) is 1.89. The fourth-order valence-corrected chi connectivity index (χ4v) is 0.916. The van der Waals surface area contributed by atoms with Crippen LogP contribution in [0.3, 0.4) is 0 Å². The fourth-order valence-electron chi connectivity index (χ4n) is 0.661. The second-order valence-corrected chi connectivity index (χ2v) is 2.99. The minimum atomic E-state index is 0.431. The Kier molecular flexibility index (Phi) is 2.28. The monoisotopic (exact) mass is 188 g/mol. The predicted octanol–water partition coefficient (Wildman–Crippen LogP) is 2.26. The maximum Gasteiger partial charge on any atom is 0.0559 e. The van der Waals surface area contributed by atoms with E-state index in [2.05, 4.69) is 33.1 Å². The van der Waals surface area contributed by atoms with Crippen LogP contribution in [-0.2, 0) is 0 Å². The zero-order chi connectivity index (χ0) is 6.69. The van der Waals surface area contributed by atoms with Crippen LogP contribution in [-0.4, -0.2) is 10.2 Å². The van der Waals surface area contributed by atoms with Crippen molar-refractivity contribution in [1.82, 2.24) is 10.2 Å². The third-order valence-corrected chi connectivity index (χ3v) is 2.36. The van der Waals surface area contributed by atoms with Gasteiger partial charge in [-0.25, -0.2) is 0 Å². The first-order valence-corrected chi connectivity index (χ1v) is 3.89. The summed E-state index contributed by atoms with van der Waals surface area (Å²) in [6.45, 7) is 2.13. The summed E-state index contributed by atoms with van der Waals surface area (Å²) in [6, 6.07) is 1.98. The maximum absolute atomic E-state index is 3.84. The molecule has 0 saturated carbocycles. The molecule has 0 aliphatic heterocycles. The number of halogens is 1. The molecule has 1 aromatic heterocycles. The topological polar surface area (TPSA) is 28.7 Å². The van der Waals surface area contributed by atoms with Gasteiger partial charge >= 0.3 is 0 Å². The highest BCUT2D eigenvalue weighted by Gasteiger charge is 2.03. The Morgan fingerprint density at radius 3 is 3.11 bits per heavy atom. The Morgan fingerprint density at radius 1 is 1.89 bits per heavy atom. The predicted molar refractivity (Wildman–Crippen MR) is 40.5 cm³/mol. The first-order chi connectivity index (χ1) is 4.34. The summed E-state index contributed by atoms with van der Waals surface area (Å²) in [6.07, 6.45) is 2.85. The zero-order valence-corrected chi connectivity index (χ0v) is 6.85. The largest absolute Gasteiger partial charge is 0.281 e. The molecule has 0 aromatic carbocycles. The van der Waals surface area contributed by atoms with Gasteiger partial charge in [-0.3, -0.25) is 5.10 Å². The molecule has 0 saturated heterocycles. The van der Waals surface area contributed by atoms with Gasteiger partial charge in [0, 0.05) is 11.9 Å². The van der Waals surface area contributed by atoms with Gasteiger partial charge in [-0.05, 0) is 12.5 Å². The highest BCUT2D eigenvalue weighted by molar-refractivity contribution is 9.09. The van der Waals surface area contributed by atoms with E-state index < -0.39 is 0 Å². The standard InChI is InChI=1S/C6H9BrN2/c1-2-5(7)6-3-4-8-9-6/h3-5H,2H2,1H3,(H,8,9). The summed E-state index contributed by atoms with van der Waals surface area (Å²) >= 11 is 3.49. The number of rotatable bonds is 2. The summed E-state index contributed by atoms with van der Waals surface area (Å²) in [7, 11) is 0. The molecule has 1 heterocycles. The van der Waals surface area contributed by atoms with E-state index in [1.54, 1.807) is 6.20 Å². The lowest BCUT2D eigenvalue weighted by molar-refractivity contribution is 0.858. The number of nitrogens with one attached hydrogen (secondary N) is 1. The number of alkyl halides is 1. The first kappa shape index (κ1) is 6.81. The van der Waals surface area contributed by atoms with Gasteiger partial charge in [-0.15, -0.1) is 0 Å².